The van der Waals surface area contributed by atoms with E-state index in [0.29, 0.717) is 24.7 Å². The summed E-state index contributed by atoms with van der Waals surface area (Å²) in [6.45, 7) is 3.62. The molecule has 0 bridgehead atoms. The molecule has 6 aromatic rings. The maximum atomic E-state index is 14.4. The Kier molecular flexibility index (Phi) is 15.8. The van der Waals surface area contributed by atoms with Crippen molar-refractivity contribution in [3.8, 4) is 32.3 Å². The molecule has 0 saturated heterocycles. The zero-order chi connectivity index (χ0) is 50.4. The lowest BCUT2D eigenvalue weighted by molar-refractivity contribution is -0.349. The average Bonchev–Trinajstić information content (AvgIpc) is 4.03. The van der Waals surface area contributed by atoms with E-state index in [1.807, 2.05) is 0 Å². The van der Waals surface area contributed by atoms with Crippen molar-refractivity contribution < 1.29 is 80.5 Å². The number of hydrogen-bond acceptors (Lipinski definition) is 8. The van der Waals surface area contributed by atoms with Crippen LogP contribution in [0, 0.1) is 0 Å². The number of rotatable bonds is 10. The van der Waals surface area contributed by atoms with Crippen molar-refractivity contribution >= 4 is 96.9 Å². The van der Waals surface area contributed by atoms with Crippen LogP contribution in [0.5, 0.6) is 0 Å². The molecule has 0 fully saturated rings. The second-order valence-electron chi connectivity index (χ2n) is 13.2. The van der Waals surface area contributed by atoms with Crippen LogP contribution < -0.4 is 0 Å². The maximum Gasteiger partial charge on any atom is 0.435 e. The van der Waals surface area contributed by atoms with Crippen LogP contribution in [0.4, 0.5) is 61.5 Å². The summed E-state index contributed by atoms with van der Waals surface area (Å²) in [5.74, 6) is -1.12. The summed E-state index contributed by atoms with van der Waals surface area (Å²) in [5.41, 5.74) is -14.1. The smallest absolute Gasteiger partial charge is 0.435 e. The first-order valence-electron chi connectivity index (χ1n) is 17.8. The number of carbonyl (C=O) groups is 2. The van der Waals surface area contributed by atoms with Crippen molar-refractivity contribution in [2.45, 2.75) is 49.9 Å². The molecule has 0 aliphatic rings. The fourth-order valence-electron chi connectivity index (χ4n) is 5.76. The fourth-order valence-corrected chi connectivity index (χ4v) is 9.58. The Morgan fingerprint density at radius 1 is 0.597 bits per heavy atom. The minimum atomic E-state index is -6.32. The number of halogens is 19. The molecule has 0 saturated carbocycles. The molecule has 4 heterocycles. The predicted molar refractivity (Wildman–Crippen MR) is 223 cm³/mol. The van der Waals surface area contributed by atoms with Crippen LogP contribution in [-0.4, -0.2) is 69.4 Å². The fraction of sp³-hybridized carbons (Fsp3) is 0.263. The van der Waals surface area contributed by atoms with E-state index in [4.69, 9.17) is 55.9 Å². The molecule has 0 aliphatic heterocycles. The third kappa shape index (κ3) is 10.6. The first-order valence-corrected chi connectivity index (χ1v) is 21.8. The Morgan fingerprint density at radius 2 is 0.970 bits per heavy atom. The molecule has 6 rings (SSSR count). The van der Waals surface area contributed by atoms with Crippen molar-refractivity contribution in [1.29, 1.82) is 0 Å². The van der Waals surface area contributed by atoms with Crippen molar-refractivity contribution in [3.05, 3.63) is 113 Å². The number of carbonyl (C=O) groups excluding carboxylic acids is 2. The zero-order valence-corrected chi connectivity index (χ0v) is 38.9. The van der Waals surface area contributed by atoms with Gasteiger partial charge in [0, 0.05) is 49.8 Å². The molecule has 67 heavy (non-hydrogen) atoms. The summed E-state index contributed by atoms with van der Waals surface area (Å²) in [4.78, 5) is 24.9. The highest BCUT2D eigenvalue weighted by molar-refractivity contribution is 9.11. The Balaban J connectivity index is 0.000000251. The third-order valence-electron chi connectivity index (χ3n) is 8.88. The first-order chi connectivity index (χ1) is 30.8. The summed E-state index contributed by atoms with van der Waals surface area (Å²) in [5, 5.41) is 6.69. The number of aromatic nitrogens is 4. The van der Waals surface area contributed by atoms with E-state index in [1.165, 1.54) is 53.6 Å². The number of alkyl halides is 14. The van der Waals surface area contributed by atoms with Crippen molar-refractivity contribution in [2.75, 3.05) is 13.2 Å². The SMILES string of the molecule is CCOC(=O)c1cc(-c2cnn(-c3c(Cl)cc(C(F)(C(F)(F)F)C(F)(F)F)cc3Cl)c2)sc1Br.CCOC(=O)c1csc(-c2cnn(-c3c(Cl)cc(C(F)(C(F)(F)F)C(F)(F)F)cc3Cl)c2)c1. The van der Waals surface area contributed by atoms with E-state index in [-0.39, 0.29) is 60.0 Å². The average molecular weight is 1150 g/mol. The molecule has 0 atom stereocenters. The van der Waals surface area contributed by atoms with Crippen LogP contribution in [0.25, 0.3) is 32.3 Å². The van der Waals surface area contributed by atoms with Crippen LogP contribution >= 0.6 is 85.0 Å². The monoisotopic (exact) mass is 1150 g/mol. The van der Waals surface area contributed by atoms with Gasteiger partial charge in [0.15, 0.2) is 0 Å². The van der Waals surface area contributed by atoms with E-state index < -0.39 is 79.2 Å². The summed E-state index contributed by atoms with van der Waals surface area (Å²) in [7, 11) is 0. The predicted octanol–water partition coefficient (Wildman–Crippen LogP) is 15.5. The lowest BCUT2D eigenvalue weighted by Crippen LogP contribution is -2.50. The highest BCUT2D eigenvalue weighted by Crippen LogP contribution is 2.56. The van der Waals surface area contributed by atoms with Gasteiger partial charge in [0.05, 0.1) is 60.6 Å². The molecular weight excluding hydrogens is 1130 g/mol. The quantitative estimate of drug-likeness (QED) is 0.100. The van der Waals surface area contributed by atoms with Gasteiger partial charge in [-0.15, -0.1) is 22.7 Å². The Bertz CT molecular complexity index is 2730. The molecule has 0 N–H and O–H groups in total. The lowest BCUT2D eigenvalue weighted by Gasteiger charge is -2.30. The first kappa shape index (κ1) is 53.8. The molecule has 0 amide bonds. The molecule has 2 aromatic carbocycles. The largest absolute Gasteiger partial charge is 0.462 e. The maximum absolute atomic E-state index is 14.4. The molecule has 0 aliphatic carbocycles. The van der Waals surface area contributed by atoms with E-state index in [2.05, 4.69) is 26.1 Å². The minimum Gasteiger partial charge on any atom is -0.462 e. The Hall–Kier alpha value is -4.14. The van der Waals surface area contributed by atoms with E-state index in [9.17, 15) is 71.1 Å². The second-order valence-corrected chi connectivity index (χ2v) is 18.1. The molecular formula is C38H21BrCl4F14N4O4S2. The van der Waals surface area contributed by atoms with Crippen LogP contribution in [0.1, 0.15) is 45.7 Å². The topological polar surface area (TPSA) is 88.2 Å². The molecule has 0 spiro atoms. The number of esters is 2. The highest BCUT2D eigenvalue weighted by atomic mass is 79.9. The van der Waals surface area contributed by atoms with Crippen molar-refractivity contribution in [3.63, 3.8) is 0 Å². The van der Waals surface area contributed by atoms with Crippen molar-refractivity contribution in [1.82, 2.24) is 19.6 Å². The van der Waals surface area contributed by atoms with Gasteiger partial charge in [-0.2, -0.15) is 62.9 Å². The Labute approximate surface area is 403 Å². The van der Waals surface area contributed by atoms with Gasteiger partial charge in [-0.25, -0.2) is 27.7 Å². The summed E-state index contributed by atoms with van der Waals surface area (Å²) < 4.78 is 198. The highest BCUT2D eigenvalue weighted by Gasteiger charge is 2.74. The summed E-state index contributed by atoms with van der Waals surface area (Å²) in [6.07, 6.45) is -20.0. The van der Waals surface area contributed by atoms with Crippen LogP contribution in [0.2, 0.25) is 20.1 Å². The molecule has 0 radical (unpaired) electrons. The van der Waals surface area contributed by atoms with Crippen LogP contribution in [-0.2, 0) is 20.8 Å². The van der Waals surface area contributed by atoms with Crippen LogP contribution in [0.15, 0.2) is 70.4 Å². The standard InChI is InChI=1S/C19H10BrCl2F7N2O2S.C19H11Cl2F7N2O2S/c1-2-33-16(32)10-5-13(34-15(10)20)8-6-30-31(7-8)14-11(21)3-9(4-12(14)22)17(23,18(24,25)26)19(27,28)29;1-2-32-16(31)9-3-14(33-8-9)10-6-29-30(7-10)15-12(20)4-11(5-13(15)21)17(22,18(23,24)25)19(26,27)28/h3-7H,2H2,1H3;3-8H,2H2,1H3. The van der Waals surface area contributed by atoms with Gasteiger partial charge < -0.3 is 9.47 Å². The van der Waals surface area contributed by atoms with Gasteiger partial charge in [0.2, 0.25) is 0 Å². The van der Waals surface area contributed by atoms with E-state index in [0.717, 1.165) is 20.7 Å². The zero-order valence-electron chi connectivity index (χ0n) is 32.7. The minimum absolute atomic E-state index is 0.157. The van der Waals surface area contributed by atoms with Gasteiger partial charge in [-0.1, -0.05) is 46.4 Å². The van der Waals surface area contributed by atoms with Gasteiger partial charge in [-0.3, -0.25) is 0 Å². The second kappa shape index (κ2) is 19.7. The molecule has 362 valence electrons. The lowest BCUT2D eigenvalue weighted by atomic mass is 9.94. The van der Waals surface area contributed by atoms with Crippen LogP contribution in [0.3, 0.4) is 0 Å². The third-order valence-corrected chi connectivity index (χ3v) is 12.9. The van der Waals surface area contributed by atoms with Gasteiger partial charge >= 0.3 is 48.0 Å². The van der Waals surface area contributed by atoms with Gasteiger partial charge in [-0.05, 0) is 66.2 Å². The molecule has 0 unspecified atom stereocenters. The molecule has 4 aromatic heterocycles. The summed E-state index contributed by atoms with van der Waals surface area (Å²) in [6, 6.07) is 3.83. The normalized spacial score (nSPS) is 12.8. The number of ether oxygens (including phenoxy) is 2. The van der Waals surface area contributed by atoms with E-state index in [1.54, 1.807) is 13.8 Å². The number of thiophene rings is 2. The molecule has 8 nitrogen and oxygen atoms in total. The molecule has 29 heteroatoms. The van der Waals surface area contributed by atoms with Gasteiger partial charge in [0.1, 0.15) is 11.4 Å². The van der Waals surface area contributed by atoms with Gasteiger partial charge in [0.25, 0.3) is 0 Å². The Morgan fingerprint density at radius 3 is 1.34 bits per heavy atom. The van der Waals surface area contributed by atoms with E-state index >= 15 is 0 Å². The number of hydrogen-bond donors (Lipinski definition) is 0. The summed E-state index contributed by atoms with van der Waals surface area (Å²) >= 11 is 29.2. The van der Waals surface area contributed by atoms with Crippen molar-refractivity contribution in [2.24, 2.45) is 0 Å². The number of benzene rings is 2. The number of nitrogens with zero attached hydrogens (tertiary/aromatic N) is 4.